The van der Waals surface area contributed by atoms with Crippen LogP contribution < -0.4 is 10.6 Å². The number of hydrogen-bond donors (Lipinski definition) is 2. The summed E-state index contributed by atoms with van der Waals surface area (Å²) >= 11 is 0. The van der Waals surface area contributed by atoms with Crippen LogP contribution >= 0.6 is 0 Å². The first-order valence-electron chi connectivity index (χ1n) is 9.68. The molecule has 0 radical (unpaired) electrons. The average molecular weight is 381 g/mol. The predicted molar refractivity (Wildman–Crippen MR) is 110 cm³/mol. The van der Waals surface area contributed by atoms with E-state index in [-0.39, 0.29) is 12.6 Å². The molecule has 28 heavy (non-hydrogen) atoms. The lowest BCUT2D eigenvalue weighted by Crippen LogP contribution is -2.30. The third kappa shape index (κ3) is 5.00. The molecule has 0 aliphatic heterocycles. The predicted octanol–water partition coefficient (Wildman–Crippen LogP) is 4.24. The topological polar surface area (TPSA) is 80.6 Å². The molecule has 7 heteroatoms. The first-order chi connectivity index (χ1) is 13.6. The number of amides is 1. The number of rotatable bonds is 8. The van der Waals surface area contributed by atoms with Crippen molar-refractivity contribution in [2.45, 2.75) is 46.3 Å². The summed E-state index contributed by atoms with van der Waals surface area (Å²) in [6.07, 6.45) is 3.66. The highest BCUT2D eigenvalue weighted by Crippen LogP contribution is 2.21. The van der Waals surface area contributed by atoms with Crippen molar-refractivity contribution in [1.82, 2.24) is 19.9 Å². The highest BCUT2D eigenvalue weighted by Gasteiger charge is 2.09. The Bertz CT molecular complexity index is 918. The number of carbonyl (C=O) groups excluding carboxylic acids is 1. The molecule has 3 aromatic rings. The molecular weight excluding hydrogens is 354 g/mol. The largest absolute Gasteiger partial charge is 0.445 e. The summed E-state index contributed by atoms with van der Waals surface area (Å²) in [7, 11) is 0. The van der Waals surface area contributed by atoms with Gasteiger partial charge in [0.15, 0.2) is 5.65 Å². The number of benzene rings is 1. The molecule has 7 nitrogen and oxygen atoms in total. The maximum atomic E-state index is 11.6. The molecule has 0 unspecified atom stereocenters. The Labute approximate surface area is 165 Å². The Kier molecular flexibility index (Phi) is 6.47. The Morgan fingerprint density at radius 2 is 1.96 bits per heavy atom. The van der Waals surface area contributed by atoms with Gasteiger partial charge in [-0.25, -0.2) is 14.3 Å². The number of unbranched alkanes of at least 4 members (excludes halogenated alkanes) is 1. The molecule has 0 spiro atoms. The summed E-state index contributed by atoms with van der Waals surface area (Å²) in [5.41, 5.74) is 3.64. The van der Waals surface area contributed by atoms with Crippen LogP contribution in [0.15, 0.2) is 42.6 Å². The quantitative estimate of drug-likeness (QED) is 0.570. The number of nitrogens with one attached hydrogen (secondary N) is 2. The zero-order chi connectivity index (χ0) is 19.9. The maximum Gasteiger partial charge on any atom is 0.407 e. The first-order valence-corrected chi connectivity index (χ1v) is 9.68. The van der Waals surface area contributed by atoms with Gasteiger partial charge in [0, 0.05) is 18.2 Å². The Morgan fingerprint density at radius 1 is 1.18 bits per heavy atom. The lowest BCUT2D eigenvalue weighted by atomic mass is 10.1. The van der Waals surface area contributed by atoms with E-state index in [0.29, 0.717) is 0 Å². The van der Waals surface area contributed by atoms with Gasteiger partial charge in [0.2, 0.25) is 0 Å². The summed E-state index contributed by atoms with van der Waals surface area (Å²) in [4.78, 5) is 16.0. The van der Waals surface area contributed by atoms with E-state index in [4.69, 9.17) is 4.74 Å². The molecule has 2 N–H and O–H groups in total. The van der Waals surface area contributed by atoms with Gasteiger partial charge < -0.3 is 15.4 Å². The van der Waals surface area contributed by atoms with Crippen LogP contribution in [0.2, 0.25) is 0 Å². The van der Waals surface area contributed by atoms with E-state index in [1.54, 1.807) is 0 Å². The van der Waals surface area contributed by atoms with Gasteiger partial charge in [-0.15, -0.1) is 5.10 Å². The zero-order valence-corrected chi connectivity index (χ0v) is 16.6. The van der Waals surface area contributed by atoms with E-state index in [1.807, 2.05) is 61.0 Å². The molecule has 2 heterocycles. The van der Waals surface area contributed by atoms with Crippen molar-refractivity contribution in [3.8, 4) is 11.3 Å². The van der Waals surface area contributed by atoms with E-state index < -0.39 is 6.09 Å². The lowest BCUT2D eigenvalue weighted by Gasteiger charge is -2.10. The minimum Gasteiger partial charge on any atom is -0.445 e. The molecule has 0 fully saturated rings. The molecule has 0 aliphatic rings. The van der Waals surface area contributed by atoms with Crippen LogP contribution in [-0.2, 0) is 11.3 Å². The third-order valence-corrected chi connectivity index (χ3v) is 4.22. The molecule has 0 aliphatic carbocycles. The van der Waals surface area contributed by atoms with Gasteiger partial charge in [-0.1, -0.05) is 37.6 Å². The van der Waals surface area contributed by atoms with Crippen molar-refractivity contribution in [2.75, 3.05) is 11.9 Å². The van der Waals surface area contributed by atoms with Crippen molar-refractivity contribution in [1.29, 1.82) is 0 Å². The Balaban J connectivity index is 1.71. The number of imidazole rings is 1. The number of anilines is 1. The molecule has 1 amide bonds. The average Bonchev–Trinajstić information content (AvgIpc) is 3.10. The molecule has 1 aromatic carbocycles. The van der Waals surface area contributed by atoms with Crippen LogP contribution in [0, 0.1) is 0 Å². The van der Waals surface area contributed by atoms with Crippen molar-refractivity contribution in [3.63, 3.8) is 0 Å². The second kappa shape index (κ2) is 9.21. The van der Waals surface area contributed by atoms with Crippen LogP contribution in [0.4, 0.5) is 10.6 Å². The van der Waals surface area contributed by atoms with Gasteiger partial charge in [0.05, 0.1) is 11.9 Å². The van der Waals surface area contributed by atoms with Crippen LogP contribution in [0.3, 0.4) is 0 Å². The minimum atomic E-state index is -0.409. The molecule has 0 atom stereocenters. The number of carbonyl (C=O) groups is 1. The fourth-order valence-corrected chi connectivity index (χ4v) is 2.76. The standard InChI is InChI=1S/C21H27N5O2/c1-4-5-12-22-19-10-11-20-23-13-18(26(20)25-19)17-8-6-16(7-9-17)14-28-21(27)24-15(2)3/h6-11,13,15H,4-5,12,14H2,1-3H3,(H,22,25)(H,24,27). The van der Waals surface area contributed by atoms with E-state index in [1.165, 1.54) is 0 Å². The van der Waals surface area contributed by atoms with Crippen molar-refractivity contribution in [2.24, 2.45) is 0 Å². The van der Waals surface area contributed by atoms with E-state index in [2.05, 4.69) is 27.6 Å². The fourth-order valence-electron chi connectivity index (χ4n) is 2.76. The Morgan fingerprint density at radius 3 is 2.68 bits per heavy atom. The van der Waals surface area contributed by atoms with Gasteiger partial charge >= 0.3 is 6.09 Å². The van der Waals surface area contributed by atoms with Crippen LogP contribution in [0.25, 0.3) is 16.9 Å². The molecule has 0 saturated heterocycles. The molecule has 3 rings (SSSR count). The highest BCUT2D eigenvalue weighted by atomic mass is 16.5. The van der Waals surface area contributed by atoms with Gasteiger partial charge in [-0.3, -0.25) is 0 Å². The van der Waals surface area contributed by atoms with E-state index >= 15 is 0 Å². The van der Waals surface area contributed by atoms with Crippen LogP contribution in [-0.4, -0.2) is 33.3 Å². The number of ether oxygens (including phenoxy) is 1. The van der Waals surface area contributed by atoms with Crippen molar-refractivity contribution >= 4 is 17.6 Å². The lowest BCUT2D eigenvalue weighted by molar-refractivity contribution is 0.137. The van der Waals surface area contributed by atoms with Gasteiger partial charge in [0.25, 0.3) is 0 Å². The summed E-state index contributed by atoms with van der Waals surface area (Å²) < 4.78 is 7.06. The van der Waals surface area contributed by atoms with Gasteiger partial charge in [0.1, 0.15) is 12.4 Å². The number of fused-ring (bicyclic) bond motifs is 1. The number of hydrogen-bond acceptors (Lipinski definition) is 5. The number of nitrogens with zero attached hydrogens (tertiary/aromatic N) is 3. The monoisotopic (exact) mass is 381 g/mol. The van der Waals surface area contributed by atoms with E-state index in [9.17, 15) is 4.79 Å². The smallest absolute Gasteiger partial charge is 0.407 e. The first kappa shape index (κ1) is 19.7. The summed E-state index contributed by atoms with van der Waals surface area (Å²) in [6, 6.07) is 11.8. The zero-order valence-electron chi connectivity index (χ0n) is 16.6. The Hall–Kier alpha value is -3.09. The second-order valence-electron chi connectivity index (χ2n) is 6.98. The highest BCUT2D eigenvalue weighted by molar-refractivity contribution is 5.67. The number of alkyl carbamates (subject to hydrolysis) is 1. The van der Waals surface area contributed by atoms with Gasteiger partial charge in [-0.2, -0.15) is 0 Å². The van der Waals surface area contributed by atoms with Crippen LogP contribution in [0.1, 0.15) is 39.2 Å². The van der Waals surface area contributed by atoms with Crippen LogP contribution in [0.5, 0.6) is 0 Å². The third-order valence-electron chi connectivity index (χ3n) is 4.22. The molecule has 2 aromatic heterocycles. The van der Waals surface area contributed by atoms with E-state index in [0.717, 1.165) is 47.7 Å². The van der Waals surface area contributed by atoms with Gasteiger partial charge in [-0.05, 0) is 38.0 Å². The minimum absolute atomic E-state index is 0.0545. The second-order valence-corrected chi connectivity index (χ2v) is 6.98. The van der Waals surface area contributed by atoms with Crippen molar-refractivity contribution < 1.29 is 9.53 Å². The molecule has 0 saturated carbocycles. The number of aromatic nitrogens is 3. The fraction of sp³-hybridized carbons (Fsp3) is 0.381. The molecule has 148 valence electrons. The summed E-state index contributed by atoms with van der Waals surface area (Å²) in [5, 5.41) is 10.7. The normalized spacial score (nSPS) is 11.0. The van der Waals surface area contributed by atoms with Crippen molar-refractivity contribution in [3.05, 3.63) is 48.2 Å². The molecule has 0 bridgehead atoms. The SMILES string of the molecule is CCCCNc1ccc2ncc(-c3ccc(COC(=O)NC(C)C)cc3)n2n1. The molecular formula is C21H27N5O2. The summed E-state index contributed by atoms with van der Waals surface area (Å²) in [6.45, 7) is 7.08. The maximum absolute atomic E-state index is 11.6. The summed E-state index contributed by atoms with van der Waals surface area (Å²) in [5.74, 6) is 0.835.